The van der Waals surface area contributed by atoms with Crippen molar-refractivity contribution in [2.24, 2.45) is 5.92 Å². The van der Waals surface area contributed by atoms with Crippen LogP contribution in [-0.2, 0) is 27.2 Å². The predicted molar refractivity (Wildman–Crippen MR) is 123 cm³/mol. The highest BCUT2D eigenvalue weighted by Crippen LogP contribution is 2.36. The molecule has 4 rings (SSSR count). The summed E-state index contributed by atoms with van der Waals surface area (Å²) in [5, 5.41) is 5.58. The maximum Gasteiger partial charge on any atom is 0.313 e. The zero-order chi connectivity index (χ0) is 22.8. The van der Waals surface area contributed by atoms with Crippen LogP contribution in [0.25, 0.3) is 0 Å². The van der Waals surface area contributed by atoms with Crippen LogP contribution in [0.5, 0.6) is 0 Å². The van der Waals surface area contributed by atoms with Crippen molar-refractivity contribution in [3.63, 3.8) is 0 Å². The molecule has 2 aliphatic heterocycles. The van der Waals surface area contributed by atoms with E-state index in [4.69, 9.17) is 5.73 Å². The molecule has 1 saturated heterocycles. The van der Waals surface area contributed by atoms with E-state index in [2.05, 4.69) is 28.6 Å². The molecule has 2 atom stereocenters. The summed E-state index contributed by atoms with van der Waals surface area (Å²) in [6.45, 7) is 4.56. The van der Waals surface area contributed by atoms with E-state index in [0.29, 0.717) is 43.2 Å². The number of carbonyl (C=O) groups is 3. The summed E-state index contributed by atoms with van der Waals surface area (Å²) in [6, 6.07) is 7.48. The Morgan fingerprint density at radius 1 is 1.25 bits per heavy atom. The number of aryl methyl sites for hydroxylation is 2. The minimum absolute atomic E-state index is 0.0219. The van der Waals surface area contributed by atoms with Gasteiger partial charge < -0.3 is 21.3 Å². The van der Waals surface area contributed by atoms with Crippen molar-refractivity contribution in [2.45, 2.75) is 52.0 Å². The molecule has 0 radical (unpaired) electrons. The maximum atomic E-state index is 13.2. The SMILES string of the molecule is CCc1cc(NC(=O)C(=O)N2C[C@@H](C)CC[C@@H]2c2ccc3c(c2)CCC(=O)N3)cnc1N. The summed E-state index contributed by atoms with van der Waals surface area (Å²) in [7, 11) is 0. The monoisotopic (exact) mass is 435 g/mol. The first-order chi connectivity index (χ1) is 15.4. The molecule has 0 bridgehead atoms. The molecular weight excluding hydrogens is 406 g/mol. The Hall–Kier alpha value is -3.42. The van der Waals surface area contributed by atoms with Crippen LogP contribution in [0.4, 0.5) is 17.2 Å². The van der Waals surface area contributed by atoms with Gasteiger partial charge in [-0.05, 0) is 60.4 Å². The third kappa shape index (κ3) is 4.44. The molecule has 8 heteroatoms. The molecule has 1 aromatic carbocycles. The molecule has 0 saturated carbocycles. The zero-order valence-electron chi connectivity index (χ0n) is 18.5. The van der Waals surface area contributed by atoms with Gasteiger partial charge in [0.25, 0.3) is 0 Å². The van der Waals surface area contributed by atoms with Crippen LogP contribution in [0, 0.1) is 5.92 Å². The lowest BCUT2D eigenvalue weighted by Crippen LogP contribution is -2.46. The standard InChI is InChI=1S/C24H29N5O3/c1-3-15-11-18(12-26-22(15)25)27-23(31)24(32)29-13-14(2)4-8-20(29)17-5-7-19-16(10-17)6-9-21(30)28-19/h5,7,10-12,14,20H,3-4,6,8-9,13H2,1-2H3,(H2,25,26)(H,27,31)(H,28,30)/t14-,20+/m0/s1. The summed E-state index contributed by atoms with van der Waals surface area (Å²) < 4.78 is 0. The lowest BCUT2D eigenvalue weighted by atomic mass is 9.88. The molecule has 0 spiro atoms. The van der Waals surface area contributed by atoms with Crippen LogP contribution >= 0.6 is 0 Å². The van der Waals surface area contributed by atoms with E-state index < -0.39 is 11.8 Å². The topological polar surface area (TPSA) is 117 Å². The number of aromatic nitrogens is 1. The first-order valence-corrected chi connectivity index (χ1v) is 11.1. The van der Waals surface area contributed by atoms with E-state index >= 15 is 0 Å². The number of carbonyl (C=O) groups excluding carboxylic acids is 3. The van der Waals surface area contributed by atoms with E-state index in [0.717, 1.165) is 35.2 Å². The number of piperidine rings is 1. The van der Waals surface area contributed by atoms with Crippen molar-refractivity contribution in [1.29, 1.82) is 0 Å². The number of anilines is 3. The number of likely N-dealkylation sites (tertiary alicyclic amines) is 1. The summed E-state index contributed by atoms with van der Waals surface area (Å²) in [5.74, 6) is -0.478. The van der Waals surface area contributed by atoms with Crippen molar-refractivity contribution < 1.29 is 14.4 Å². The second-order valence-electron chi connectivity index (χ2n) is 8.70. The minimum Gasteiger partial charge on any atom is -0.383 e. The molecule has 0 aliphatic carbocycles. The Bertz CT molecular complexity index is 1070. The van der Waals surface area contributed by atoms with Crippen molar-refractivity contribution in [1.82, 2.24) is 9.88 Å². The zero-order valence-corrected chi connectivity index (χ0v) is 18.5. The molecule has 168 valence electrons. The van der Waals surface area contributed by atoms with E-state index in [1.165, 1.54) is 6.20 Å². The number of nitrogens with two attached hydrogens (primary N) is 1. The first-order valence-electron chi connectivity index (χ1n) is 11.1. The fourth-order valence-electron chi connectivity index (χ4n) is 4.52. The highest BCUT2D eigenvalue weighted by molar-refractivity contribution is 6.39. The number of nitrogens with zero attached hydrogens (tertiary/aromatic N) is 2. The summed E-state index contributed by atoms with van der Waals surface area (Å²) in [6.07, 6.45) is 5.05. The largest absolute Gasteiger partial charge is 0.383 e. The smallest absolute Gasteiger partial charge is 0.313 e. The predicted octanol–water partition coefficient (Wildman–Crippen LogP) is 3.05. The van der Waals surface area contributed by atoms with Crippen molar-refractivity contribution >= 4 is 34.9 Å². The van der Waals surface area contributed by atoms with E-state index in [1.807, 2.05) is 19.1 Å². The molecular formula is C24H29N5O3. The molecule has 1 fully saturated rings. The van der Waals surface area contributed by atoms with Gasteiger partial charge in [0.1, 0.15) is 5.82 Å². The van der Waals surface area contributed by atoms with Crippen molar-refractivity contribution in [3.8, 4) is 0 Å². The van der Waals surface area contributed by atoms with E-state index in [-0.39, 0.29) is 11.9 Å². The lowest BCUT2D eigenvalue weighted by molar-refractivity contribution is -0.146. The number of nitrogens with one attached hydrogen (secondary N) is 2. The number of pyridine rings is 1. The van der Waals surface area contributed by atoms with Crippen molar-refractivity contribution in [3.05, 3.63) is 47.2 Å². The molecule has 4 N–H and O–H groups in total. The Kier molecular flexibility index (Phi) is 6.12. The molecule has 2 aliphatic rings. The fraction of sp³-hybridized carbons (Fsp3) is 0.417. The van der Waals surface area contributed by atoms with Gasteiger partial charge in [-0.15, -0.1) is 0 Å². The Labute approximate surface area is 187 Å². The Balaban J connectivity index is 1.55. The maximum absolute atomic E-state index is 13.2. The molecule has 0 unspecified atom stereocenters. The van der Waals surface area contributed by atoms with Crippen LogP contribution in [0.2, 0.25) is 0 Å². The number of amides is 3. The number of rotatable bonds is 3. The summed E-state index contributed by atoms with van der Waals surface area (Å²) in [4.78, 5) is 43.5. The van der Waals surface area contributed by atoms with Gasteiger partial charge in [-0.2, -0.15) is 0 Å². The molecule has 8 nitrogen and oxygen atoms in total. The molecule has 1 aromatic heterocycles. The molecule has 32 heavy (non-hydrogen) atoms. The van der Waals surface area contributed by atoms with Gasteiger partial charge in [-0.3, -0.25) is 14.4 Å². The van der Waals surface area contributed by atoms with Gasteiger partial charge in [0.15, 0.2) is 0 Å². The highest BCUT2D eigenvalue weighted by Gasteiger charge is 2.34. The third-order valence-corrected chi connectivity index (χ3v) is 6.32. The molecule has 3 amide bonds. The Morgan fingerprint density at radius 2 is 2.06 bits per heavy atom. The molecule has 3 heterocycles. The third-order valence-electron chi connectivity index (χ3n) is 6.32. The van der Waals surface area contributed by atoms with Gasteiger partial charge >= 0.3 is 11.8 Å². The van der Waals surface area contributed by atoms with E-state index in [1.54, 1.807) is 11.0 Å². The normalized spacial score (nSPS) is 20.3. The van der Waals surface area contributed by atoms with Gasteiger partial charge in [-0.1, -0.05) is 26.0 Å². The number of fused-ring (bicyclic) bond motifs is 1. The summed E-state index contributed by atoms with van der Waals surface area (Å²) >= 11 is 0. The van der Waals surface area contributed by atoms with Gasteiger partial charge in [0.2, 0.25) is 5.91 Å². The fourth-order valence-corrected chi connectivity index (χ4v) is 4.52. The van der Waals surface area contributed by atoms with Gasteiger partial charge in [-0.25, -0.2) is 4.98 Å². The number of benzene rings is 1. The average Bonchev–Trinajstić information content (AvgIpc) is 2.79. The lowest BCUT2D eigenvalue weighted by Gasteiger charge is -2.39. The second kappa shape index (κ2) is 8.98. The summed E-state index contributed by atoms with van der Waals surface area (Å²) in [5.41, 5.74) is 10.0. The minimum atomic E-state index is -0.678. The van der Waals surface area contributed by atoms with Crippen LogP contribution in [0.15, 0.2) is 30.5 Å². The number of hydrogen-bond donors (Lipinski definition) is 3. The van der Waals surface area contributed by atoms with Crippen LogP contribution in [-0.4, -0.2) is 34.2 Å². The quantitative estimate of drug-likeness (QED) is 0.641. The molecule has 2 aromatic rings. The van der Waals surface area contributed by atoms with Gasteiger partial charge in [0, 0.05) is 18.7 Å². The number of hydrogen-bond acceptors (Lipinski definition) is 5. The number of nitrogen functional groups attached to an aromatic ring is 1. The van der Waals surface area contributed by atoms with Crippen LogP contribution in [0.1, 0.15) is 55.8 Å². The van der Waals surface area contributed by atoms with E-state index in [9.17, 15) is 14.4 Å². The highest BCUT2D eigenvalue weighted by atomic mass is 16.2. The van der Waals surface area contributed by atoms with Crippen LogP contribution in [0.3, 0.4) is 0 Å². The second-order valence-corrected chi connectivity index (χ2v) is 8.70. The van der Waals surface area contributed by atoms with Crippen LogP contribution < -0.4 is 16.4 Å². The van der Waals surface area contributed by atoms with Gasteiger partial charge in [0.05, 0.1) is 17.9 Å². The first kappa shape index (κ1) is 21.8. The average molecular weight is 436 g/mol. The Morgan fingerprint density at radius 3 is 2.84 bits per heavy atom. The van der Waals surface area contributed by atoms with Crippen molar-refractivity contribution in [2.75, 3.05) is 22.9 Å².